The third-order valence-electron chi connectivity index (χ3n) is 3.02. The van der Waals surface area contributed by atoms with Crippen molar-refractivity contribution in [2.45, 2.75) is 26.8 Å². The van der Waals surface area contributed by atoms with E-state index in [4.69, 9.17) is 5.11 Å². The van der Waals surface area contributed by atoms with E-state index in [0.29, 0.717) is 0 Å². The molecule has 4 heteroatoms. The third-order valence-corrected chi connectivity index (χ3v) is 4.10. The topological polar surface area (TPSA) is 49.3 Å². The van der Waals surface area contributed by atoms with Crippen molar-refractivity contribution in [1.29, 1.82) is 0 Å². The van der Waals surface area contributed by atoms with Crippen LogP contribution in [0.3, 0.4) is 0 Å². The van der Waals surface area contributed by atoms with Crippen LogP contribution in [0.25, 0.3) is 0 Å². The predicted molar refractivity (Wildman–Crippen MR) is 78.9 cm³/mol. The SMILES string of the molecule is Cc1ccc(NCc2ccc(CC(=O)O)s2)cc1C. The molecule has 0 bridgehead atoms. The number of thiophene rings is 1. The summed E-state index contributed by atoms with van der Waals surface area (Å²) in [5.41, 5.74) is 3.64. The molecule has 1 aromatic carbocycles. The van der Waals surface area contributed by atoms with E-state index in [1.54, 1.807) is 11.3 Å². The number of benzene rings is 1. The lowest BCUT2D eigenvalue weighted by atomic mass is 10.1. The molecule has 0 radical (unpaired) electrons. The van der Waals surface area contributed by atoms with Crippen LogP contribution in [0, 0.1) is 13.8 Å². The summed E-state index contributed by atoms with van der Waals surface area (Å²) in [5.74, 6) is -0.782. The molecule has 0 spiro atoms. The minimum Gasteiger partial charge on any atom is -0.481 e. The molecule has 2 rings (SSSR count). The molecule has 0 aliphatic heterocycles. The van der Waals surface area contributed by atoms with Crippen LogP contribution in [0.1, 0.15) is 20.9 Å². The first kappa shape index (κ1) is 13.6. The Morgan fingerprint density at radius 1 is 1.16 bits per heavy atom. The van der Waals surface area contributed by atoms with E-state index in [0.717, 1.165) is 22.0 Å². The van der Waals surface area contributed by atoms with Crippen LogP contribution >= 0.6 is 11.3 Å². The van der Waals surface area contributed by atoms with E-state index in [-0.39, 0.29) is 6.42 Å². The van der Waals surface area contributed by atoms with Crippen molar-refractivity contribution in [1.82, 2.24) is 0 Å². The maximum Gasteiger partial charge on any atom is 0.308 e. The van der Waals surface area contributed by atoms with E-state index >= 15 is 0 Å². The van der Waals surface area contributed by atoms with Gasteiger partial charge in [0.1, 0.15) is 0 Å². The first-order chi connectivity index (χ1) is 9.04. The van der Waals surface area contributed by atoms with Crippen LogP contribution in [-0.2, 0) is 17.8 Å². The number of carbonyl (C=O) groups is 1. The highest BCUT2D eigenvalue weighted by Crippen LogP contribution is 2.20. The zero-order valence-corrected chi connectivity index (χ0v) is 11.9. The molecule has 0 fully saturated rings. The highest BCUT2D eigenvalue weighted by Gasteiger charge is 2.04. The Morgan fingerprint density at radius 3 is 2.58 bits per heavy atom. The van der Waals surface area contributed by atoms with Crippen LogP contribution in [-0.4, -0.2) is 11.1 Å². The number of rotatable bonds is 5. The van der Waals surface area contributed by atoms with Crippen LogP contribution < -0.4 is 5.32 Å². The summed E-state index contributed by atoms with van der Waals surface area (Å²) < 4.78 is 0. The second-order valence-corrected chi connectivity index (χ2v) is 5.84. The van der Waals surface area contributed by atoms with E-state index < -0.39 is 5.97 Å². The molecular formula is C15H17NO2S. The monoisotopic (exact) mass is 275 g/mol. The second kappa shape index (κ2) is 5.89. The van der Waals surface area contributed by atoms with Gasteiger partial charge in [-0.2, -0.15) is 0 Å². The van der Waals surface area contributed by atoms with Crippen LogP contribution in [0.2, 0.25) is 0 Å². The number of carboxylic acid groups (broad SMARTS) is 1. The summed E-state index contributed by atoms with van der Waals surface area (Å²) >= 11 is 1.54. The van der Waals surface area contributed by atoms with Crippen molar-refractivity contribution >= 4 is 23.0 Å². The first-order valence-corrected chi connectivity index (χ1v) is 6.97. The zero-order chi connectivity index (χ0) is 13.8. The Morgan fingerprint density at radius 2 is 1.89 bits per heavy atom. The fourth-order valence-corrected chi connectivity index (χ4v) is 2.75. The summed E-state index contributed by atoms with van der Waals surface area (Å²) in [6.07, 6.45) is 0.105. The zero-order valence-electron chi connectivity index (χ0n) is 11.1. The van der Waals surface area contributed by atoms with E-state index in [1.807, 2.05) is 12.1 Å². The minimum absolute atomic E-state index is 0.105. The molecular weight excluding hydrogens is 258 g/mol. The normalized spacial score (nSPS) is 10.4. The van der Waals surface area contributed by atoms with Gasteiger partial charge in [-0.05, 0) is 49.2 Å². The fourth-order valence-electron chi connectivity index (χ4n) is 1.80. The van der Waals surface area contributed by atoms with E-state index in [9.17, 15) is 4.79 Å². The van der Waals surface area contributed by atoms with Crippen molar-refractivity contribution in [3.8, 4) is 0 Å². The van der Waals surface area contributed by atoms with Gasteiger partial charge in [0.25, 0.3) is 0 Å². The van der Waals surface area contributed by atoms with Crippen LogP contribution in [0.15, 0.2) is 30.3 Å². The average Bonchev–Trinajstić information content (AvgIpc) is 2.77. The summed E-state index contributed by atoms with van der Waals surface area (Å²) in [6.45, 7) is 4.92. The molecule has 0 aliphatic rings. The van der Waals surface area contributed by atoms with Gasteiger partial charge < -0.3 is 10.4 Å². The number of aliphatic carboxylic acids is 1. The number of hydrogen-bond donors (Lipinski definition) is 2. The van der Waals surface area contributed by atoms with Crippen molar-refractivity contribution in [2.24, 2.45) is 0 Å². The van der Waals surface area contributed by atoms with Crippen molar-refractivity contribution in [3.05, 3.63) is 51.2 Å². The molecule has 3 nitrogen and oxygen atoms in total. The highest BCUT2D eigenvalue weighted by atomic mass is 32.1. The molecule has 0 saturated carbocycles. The number of nitrogens with one attached hydrogen (secondary N) is 1. The van der Waals surface area contributed by atoms with Gasteiger partial charge in [-0.3, -0.25) is 4.79 Å². The van der Waals surface area contributed by atoms with Gasteiger partial charge in [0.15, 0.2) is 0 Å². The lowest BCUT2D eigenvalue weighted by molar-refractivity contribution is -0.136. The van der Waals surface area contributed by atoms with Gasteiger partial charge in [-0.1, -0.05) is 6.07 Å². The molecule has 100 valence electrons. The number of carboxylic acids is 1. The summed E-state index contributed by atoms with van der Waals surface area (Å²) in [4.78, 5) is 12.7. The quantitative estimate of drug-likeness (QED) is 0.876. The Bertz CT molecular complexity index is 590. The molecule has 0 unspecified atom stereocenters. The first-order valence-electron chi connectivity index (χ1n) is 6.15. The summed E-state index contributed by atoms with van der Waals surface area (Å²) in [6, 6.07) is 10.2. The lowest BCUT2D eigenvalue weighted by Gasteiger charge is -2.07. The minimum atomic E-state index is -0.782. The van der Waals surface area contributed by atoms with Gasteiger partial charge in [-0.15, -0.1) is 11.3 Å². The summed E-state index contributed by atoms with van der Waals surface area (Å²) in [5, 5.41) is 12.1. The molecule has 2 aromatic rings. The second-order valence-electron chi connectivity index (χ2n) is 4.59. The largest absolute Gasteiger partial charge is 0.481 e. The van der Waals surface area contributed by atoms with Gasteiger partial charge in [0.05, 0.1) is 6.42 Å². The lowest BCUT2D eigenvalue weighted by Crippen LogP contribution is -1.98. The van der Waals surface area contributed by atoms with Gasteiger partial charge in [-0.25, -0.2) is 0 Å². The third kappa shape index (κ3) is 3.83. The van der Waals surface area contributed by atoms with E-state index in [1.165, 1.54) is 11.1 Å². The molecule has 1 heterocycles. The van der Waals surface area contributed by atoms with Crippen LogP contribution in [0.4, 0.5) is 5.69 Å². The Kier molecular flexibility index (Phi) is 4.22. The average molecular weight is 275 g/mol. The van der Waals surface area contributed by atoms with Crippen molar-refractivity contribution in [3.63, 3.8) is 0 Å². The maximum absolute atomic E-state index is 10.6. The van der Waals surface area contributed by atoms with Crippen LogP contribution in [0.5, 0.6) is 0 Å². The number of hydrogen-bond acceptors (Lipinski definition) is 3. The Labute approximate surface area is 116 Å². The maximum atomic E-state index is 10.6. The molecule has 0 amide bonds. The molecule has 1 aromatic heterocycles. The smallest absolute Gasteiger partial charge is 0.308 e. The highest BCUT2D eigenvalue weighted by molar-refractivity contribution is 7.12. The Balaban J connectivity index is 1.96. The van der Waals surface area contributed by atoms with E-state index in [2.05, 4.69) is 37.4 Å². The number of aryl methyl sites for hydroxylation is 2. The summed E-state index contributed by atoms with van der Waals surface area (Å²) in [7, 11) is 0. The van der Waals surface area contributed by atoms with Crippen molar-refractivity contribution in [2.75, 3.05) is 5.32 Å². The number of anilines is 1. The fraction of sp³-hybridized carbons (Fsp3) is 0.267. The molecule has 0 saturated heterocycles. The standard InChI is InChI=1S/C15H17NO2S/c1-10-3-4-12(7-11(10)2)16-9-14-6-5-13(19-14)8-15(17)18/h3-7,16H,8-9H2,1-2H3,(H,17,18). The van der Waals surface area contributed by atoms with Gasteiger partial charge in [0, 0.05) is 22.0 Å². The van der Waals surface area contributed by atoms with Crippen molar-refractivity contribution < 1.29 is 9.90 Å². The van der Waals surface area contributed by atoms with Gasteiger partial charge in [0.2, 0.25) is 0 Å². The van der Waals surface area contributed by atoms with Gasteiger partial charge >= 0.3 is 5.97 Å². The predicted octanol–water partition coefficient (Wildman–Crippen LogP) is 3.60. The molecule has 0 aliphatic carbocycles. The Hall–Kier alpha value is -1.81. The molecule has 0 atom stereocenters. The molecule has 2 N–H and O–H groups in total. The molecule has 19 heavy (non-hydrogen) atoms.